The lowest BCUT2D eigenvalue weighted by molar-refractivity contribution is -0.352. The number of halogens is 3. The standard InChI is InChI=1S/C26H24F3N7O4/c1-14-20(6-16(8-30-14)22-33-24(40-34-22)15-4-18(5-15)39-26(27,28)29)32-23(37)19-9-31-36-3-2-17(7-21(19)36)35-10-25(11-35)12-38-13-25/h2-3,6-9,15,18H,4-5,10-13H2,1H3,(H,32,37). The number of aromatic nitrogens is 5. The number of pyridine rings is 2. The van der Waals surface area contributed by atoms with Gasteiger partial charge in [0.05, 0.1) is 53.4 Å². The normalized spacial score (nSPS) is 21.6. The van der Waals surface area contributed by atoms with Crippen molar-refractivity contribution in [2.45, 2.75) is 38.1 Å². The molecule has 11 nitrogen and oxygen atoms in total. The molecule has 4 aromatic rings. The van der Waals surface area contributed by atoms with Crippen LogP contribution in [-0.4, -0.2) is 69.4 Å². The second kappa shape index (κ2) is 8.99. The SMILES string of the molecule is Cc1ncc(-c2noc(C3CC(OC(F)(F)F)C3)n2)cc1NC(=O)c1cnn2ccc(N3CC4(COC4)C3)cc12. The van der Waals surface area contributed by atoms with Gasteiger partial charge < -0.3 is 19.5 Å². The van der Waals surface area contributed by atoms with Crippen LogP contribution in [0.4, 0.5) is 24.5 Å². The molecule has 1 amide bonds. The van der Waals surface area contributed by atoms with E-state index in [1.165, 1.54) is 6.20 Å². The molecule has 2 aliphatic heterocycles. The van der Waals surface area contributed by atoms with Crippen molar-refractivity contribution in [3.05, 3.63) is 53.9 Å². The molecule has 40 heavy (non-hydrogen) atoms. The highest BCUT2D eigenvalue weighted by molar-refractivity contribution is 6.09. The molecule has 6 heterocycles. The lowest BCUT2D eigenvalue weighted by atomic mass is 9.78. The molecule has 0 unspecified atom stereocenters. The molecular formula is C26H24F3N7O4. The summed E-state index contributed by atoms with van der Waals surface area (Å²) in [6, 6.07) is 5.63. The second-order valence-corrected chi connectivity index (χ2v) is 10.7. The van der Waals surface area contributed by atoms with Crippen LogP contribution in [-0.2, 0) is 9.47 Å². The number of carbonyl (C=O) groups excluding carboxylic acids is 1. The van der Waals surface area contributed by atoms with E-state index in [1.54, 1.807) is 23.7 Å². The summed E-state index contributed by atoms with van der Waals surface area (Å²) >= 11 is 0. The van der Waals surface area contributed by atoms with Gasteiger partial charge in [-0.25, -0.2) is 4.52 Å². The van der Waals surface area contributed by atoms with E-state index in [0.29, 0.717) is 28.0 Å². The van der Waals surface area contributed by atoms with Gasteiger partial charge in [-0.2, -0.15) is 10.1 Å². The minimum absolute atomic E-state index is 0.142. The lowest BCUT2D eigenvalue weighted by Gasteiger charge is -2.56. The topological polar surface area (TPSA) is 120 Å². The molecule has 4 aromatic heterocycles. The predicted octanol–water partition coefficient (Wildman–Crippen LogP) is 3.96. The Kier molecular flexibility index (Phi) is 5.61. The van der Waals surface area contributed by atoms with Gasteiger partial charge in [0.15, 0.2) is 0 Å². The Balaban J connectivity index is 1.06. The molecule has 0 radical (unpaired) electrons. The average molecular weight is 556 g/mol. The highest BCUT2D eigenvalue weighted by atomic mass is 19.4. The first kappa shape index (κ1) is 25.0. The number of hydrogen-bond donors (Lipinski definition) is 1. The Morgan fingerprint density at radius 1 is 1.20 bits per heavy atom. The second-order valence-electron chi connectivity index (χ2n) is 10.7. The van der Waals surface area contributed by atoms with Crippen molar-refractivity contribution in [1.82, 2.24) is 24.7 Å². The number of ether oxygens (including phenoxy) is 2. The average Bonchev–Trinajstić information content (AvgIpc) is 3.47. The number of rotatable bonds is 6. The molecule has 0 bridgehead atoms. The van der Waals surface area contributed by atoms with E-state index in [-0.39, 0.29) is 41.8 Å². The zero-order chi connectivity index (χ0) is 27.6. The summed E-state index contributed by atoms with van der Waals surface area (Å²) in [5, 5.41) is 11.2. The van der Waals surface area contributed by atoms with Crippen molar-refractivity contribution in [2.75, 3.05) is 36.5 Å². The van der Waals surface area contributed by atoms with E-state index in [0.717, 1.165) is 32.0 Å². The van der Waals surface area contributed by atoms with Gasteiger partial charge in [0.2, 0.25) is 11.7 Å². The van der Waals surface area contributed by atoms with Crippen LogP contribution in [0.2, 0.25) is 0 Å². The molecule has 1 spiro atoms. The van der Waals surface area contributed by atoms with Crippen LogP contribution in [0, 0.1) is 12.3 Å². The Morgan fingerprint density at radius 3 is 2.73 bits per heavy atom. The minimum atomic E-state index is -4.67. The highest BCUT2D eigenvalue weighted by Crippen LogP contribution is 2.42. The van der Waals surface area contributed by atoms with Gasteiger partial charge in [0.25, 0.3) is 5.91 Å². The first-order chi connectivity index (χ1) is 19.1. The Morgan fingerprint density at radius 2 is 2.00 bits per heavy atom. The van der Waals surface area contributed by atoms with Crippen molar-refractivity contribution < 1.29 is 32.0 Å². The zero-order valence-corrected chi connectivity index (χ0v) is 21.3. The summed E-state index contributed by atoms with van der Waals surface area (Å²) < 4.78 is 53.5. The van der Waals surface area contributed by atoms with Crippen LogP contribution in [0.1, 0.15) is 40.7 Å². The van der Waals surface area contributed by atoms with E-state index >= 15 is 0 Å². The Labute approximate surface area is 225 Å². The number of aryl methyl sites for hydroxylation is 1. The van der Waals surface area contributed by atoms with Crippen molar-refractivity contribution in [1.29, 1.82) is 0 Å². The van der Waals surface area contributed by atoms with Crippen LogP contribution in [0.25, 0.3) is 16.9 Å². The van der Waals surface area contributed by atoms with Crippen LogP contribution < -0.4 is 10.2 Å². The first-order valence-electron chi connectivity index (χ1n) is 12.8. The van der Waals surface area contributed by atoms with Gasteiger partial charge in [-0.15, -0.1) is 13.2 Å². The summed E-state index contributed by atoms with van der Waals surface area (Å²) in [4.78, 5) is 24.3. The van der Waals surface area contributed by atoms with Gasteiger partial charge in [-0.3, -0.25) is 14.5 Å². The molecule has 0 atom stereocenters. The van der Waals surface area contributed by atoms with E-state index in [2.05, 4.69) is 35.2 Å². The van der Waals surface area contributed by atoms with E-state index in [9.17, 15) is 18.0 Å². The van der Waals surface area contributed by atoms with E-state index in [1.807, 2.05) is 18.3 Å². The van der Waals surface area contributed by atoms with Gasteiger partial charge in [0.1, 0.15) is 0 Å². The summed E-state index contributed by atoms with van der Waals surface area (Å²) in [5.74, 6) is -0.192. The number of amides is 1. The number of carbonyl (C=O) groups is 1. The maximum atomic E-state index is 13.3. The zero-order valence-electron chi connectivity index (χ0n) is 21.3. The molecule has 1 aliphatic carbocycles. The molecular weight excluding hydrogens is 531 g/mol. The van der Waals surface area contributed by atoms with Crippen molar-refractivity contribution in [3.63, 3.8) is 0 Å². The first-order valence-corrected chi connectivity index (χ1v) is 12.8. The number of alkyl halides is 3. The number of nitrogens with zero attached hydrogens (tertiary/aromatic N) is 6. The van der Waals surface area contributed by atoms with Gasteiger partial charge >= 0.3 is 6.36 Å². The van der Waals surface area contributed by atoms with Gasteiger partial charge in [-0.05, 0) is 38.0 Å². The molecule has 7 rings (SSSR count). The molecule has 14 heteroatoms. The predicted molar refractivity (Wildman–Crippen MR) is 134 cm³/mol. The highest BCUT2D eigenvalue weighted by Gasteiger charge is 2.49. The van der Waals surface area contributed by atoms with E-state index < -0.39 is 12.5 Å². The molecule has 1 N–H and O–H groups in total. The van der Waals surface area contributed by atoms with Gasteiger partial charge in [-0.1, -0.05) is 5.16 Å². The molecule has 2 saturated heterocycles. The summed E-state index contributed by atoms with van der Waals surface area (Å²) in [6.07, 6.45) is -0.391. The number of fused-ring (bicyclic) bond motifs is 1. The number of hydrogen-bond acceptors (Lipinski definition) is 9. The maximum Gasteiger partial charge on any atom is 0.522 e. The quantitative estimate of drug-likeness (QED) is 0.377. The van der Waals surface area contributed by atoms with Crippen molar-refractivity contribution in [3.8, 4) is 11.4 Å². The van der Waals surface area contributed by atoms with Crippen LogP contribution in [0.5, 0.6) is 0 Å². The molecule has 3 fully saturated rings. The molecule has 0 aromatic carbocycles. The largest absolute Gasteiger partial charge is 0.522 e. The summed E-state index contributed by atoms with van der Waals surface area (Å²) in [5.41, 5.74) is 3.92. The fourth-order valence-corrected chi connectivity index (χ4v) is 5.40. The Hall–Kier alpha value is -4.04. The number of anilines is 2. The lowest BCUT2D eigenvalue weighted by Crippen LogP contribution is -2.66. The molecule has 1 saturated carbocycles. The van der Waals surface area contributed by atoms with Gasteiger partial charge in [0, 0.05) is 42.7 Å². The summed E-state index contributed by atoms with van der Waals surface area (Å²) in [6.45, 7) is 5.20. The molecule has 208 valence electrons. The number of nitrogens with one attached hydrogen (secondary N) is 1. The van der Waals surface area contributed by atoms with Crippen LogP contribution >= 0.6 is 0 Å². The summed E-state index contributed by atoms with van der Waals surface area (Å²) in [7, 11) is 0. The third kappa shape index (κ3) is 4.46. The monoisotopic (exact) mass is 555 g/mol. The third-order valence-corrected chi connectivity index (χ3v) is 7.76. The molecule has 3 aliphatic rings. The van der Waals surface area contributed by atoms with Crippen LogP contribution in [0.15, 0.2) is 41.3 Å². The van der Waals surface area contributed by atoms with Crippen molar-refractivity contribution >= 4 is 22.8 Å². The fraction of sp³-hybridized carbons (Fsp3) is 0.423. The van der Waals surface area contributed by atoms with E-state index in [4.69, 9.17) is 9.26 Å². The maximum absolute atomic E-state index is 13.3. The Bertz CT molecular complexity index is 1600. The fourth-order valence-electron chi connectivity index (χ4n) is 5.40. The smallest absolute Gasteiger partial charge is 0.380 e. The van der Waals surface area contributed by atoms with Crippen molar-refractivity contribution in [2.24, 2.45) is 5.41 Å². The van der Waals surface area contributed by atoms with Crippen LogP contribution in [0.3, 0.4) is 0 Å². The minimum Gasteiger partial charge on any atom is -0.380 e. The third-order valence-electron chi connectivity index (χ3n) is 7.76.